The Morgan fingerprint density at radius 2 is 1.76 bits per heavy atom. The first-order chi connectivity index (χ1) is 10.1. The van der Waals surface area contributed by atoms with Gasteiger partial charge in [-0.1, -0.05) is 47.0 Å². The van der Waals surface area contributed by atoms with Crippen molar-refractivity contribution in [3.05, 3.63) is 46.5 Å². The average molecular weight is 351 g/mol. The molecule has 0 radical (unpaired) electrons. The predicted octanol–water partition coefficient (Wildman–Crippen LogP) is 5.22. The van der Waals surface area contributed by atoms with Crippen LogP contribution in [-0.4, -0.2) is 11.1 Å². The molecule has 1 aromatic rings. The molecule has 1 aliphatic carbocycles. The molecule has 0 heterocycles. The first-order valence-electron chi connectivity index (χ1n) is 7.77. The van der Waals surface area contributed by atoms with E-state index < -0.39 is 5.97 Å². The number of aliphatic carboxylic acids is 1. The van der Waals surface area contributed by atoms with E-state index in [1.807, 2.05) is 6.08 Å². The number of aryl methyl sites for hydroxylation is 1. The third-order valence-corrected chi connectivity index (χ3v) is 4.98. The van der Waals surface area contributed by atoms with Crippen LogP contribution in [0.15, 0.2) is 40.9 Å². The Balaban J connectivity index is 1.67. The molecule has 1 saturated carbocycles. The number of carbonyl (C=O) groups is 1. The molecule has 0 aliphatic heterocycles. The highest BCUT2D eigenvalue weighted by atomic mass is 79.9. The van der Waals surface area contributed by atoms with E-state index in [-0.39, 0.29) is 0 Å². The number of rotatable bonds is 6. The number of allylic oxidation sites excluding steroid dienone is 1. The van der Waals surface area contributed by atoms with Crippen LogP contribution in [0.25, 0.3) is 0 Å². The summed E-state index contributed by atoms with van der Waals surface area (Å²) in [4.78, 5) is 10.4. The fourth-order valence-corrected chi connectivity index (χ4v) is 3.40. The summed E-state index contributed by atoms with van der Waals surface area (Å²) in [5.74, 6) is 0.691. The summed E-state index contributed by atoms with van der Waals surface area (Å²) >= 11 is 3.47. The third-order valence-electron chi connectivity index (χ3n) is 4.45. The van der Waals surface area contributed by atoms with Crippen molar-refractivity contribution < 1.29 is 9.90 Å². The molecule has 1 aliphatic rings. The number of benzene rings is 1. The van der Waals surface area contributed by atoms with Gasteiger partial charge in [0.1, 0.15) is 0 Å². The van der Waals surface area contributed by atoms with Crippen LogP contribution in [0.1, 0.15) is 44.1 Å². The molecule has 114 valence electrons. The molecule has 0 atom stereocenters. The quantitative estimate of drug-likeness (QED) is 0.714. The molecule has 0 spiro atoms. The van der Waals surface area contributed by atoms with Gasteiger partial charge in [0.2, 0.25) is 0 Å². The Hall–Kier alpha value is -1.09. The second-order valence-electron chi connectivity index (χ2n) is 6.03. The summed E-state index contributed by atoms with van der Waals surface area (Å²) in [7, 11) is 0. The molecule has 0 saturated heterocycles. The summed E-state index contributed by atoms with van der Waals surface area (Å²) in [5, 5.41) is 8.59. The van der Waals surface area contributed by atoms with Gasteiger partial charge in [-0.3, -0.25) is 0 Å². The topological polar surface area (TPSA) is 37.3 Å². The number of hydrogen-bond acceptors (Lipinski definition) is 1. The maximum absolute atomic E-state index is 10.4. The molecule has 1 N–H and O–H groups in total. The summed E-state index contributed by atoms with van der Waals surface area (Å²) < 4.78 is 1.14. The van der Waals surface area contributed by atoms with Crippen molar-refractivity contribution in [2.24, 2.45) is 11.8 Å². The van der Waals surface area contributed by atoms with Gasteiger partial charge in [-0.25, -0.2) is 4.79 Å². The molecule has 0 aromatic heterocycles. The first kappa shape index (κ1) is 16.3. The van der Waals surface area contributed by atoms with Gasteiger partial charge in [0, 0.05) is 10.5 Å². The Morgan fingerprint density at radius 1 is 1.14 bits per heavy atom. The minimum atomic E-state index is -0.835. The van der Waals surface area contributed by atoms with Crippen molar-refractivity contribution >= 4 is 21.9 Å². The lowest BCUT2D eigenvalue weighted by Crippen LogP contribution is -2.14. The molecule has 0 amide bonds. The van der Waals surface area contributed by atoms with E-state index in [4.69, 9.17) is 5.11 Å². The van der Waals surface area contributed by atoms with Gasteiger partial charge in [-0.05, 0) is 61.6 Å². The number of carboxylic acids is 1. The van der Waals surface area contributed by atoms with Crippen LogP contribution in [0.5, 0.6) is 0 Å². The van der Waals surface area contributed by atoms with E-state index in [9.17, 15) is 4.79 Å². The minimum absolute atomic E-state index is 0.685. The zero-order chi connectivity index (χ0) is 15.1. The Kier molecular flexibility index (Phi) is 6.50. The maximum Gasteiger partial charge on any atom is 0.327 e. The lowest BCUT2D eigenvalue weighted by Gasteiger charge is -2.27. The SMILES string of the molecule is O=C(O)/C=C/CC1CCC(CCc2ccc(Br)cc2)CC1. The molecule has 1 aromatic carbocycles. The van der Waals surface area contributed by atoms with Crippen LogP contribution in [0.4, 0.5) is 0 Å². The van der Waals surface area contributed by atoms with Crippen LogP contribution in [0.3, 0.4) is 0 Å². The normalized spacial score (nSPS) is 22.5. The van der Waals surface area contributed by atoms with Crippen molar-refractivity contribution in [1.29, 1.82) is 0 Å². The number of carboxylic acid groups (broad SMARTS) is 1. The molecular formula is C18H23BrO2. The van der Waals surface area contributed by atoms with Crippen molar-refractivity contribution in [2.75, 3.05) is 0 Å². The predicted molar refractivity (Wildman–Crippen MR) is 89.3 cm³/mol. The highest BCUT2D eigenvalue weighted by Gasteiger charge is 2.20. The van der Waals surface area contributed by atoms with Gasteiger partial charge in [0.15, 0.2) is 0 Å². The summed E-state index contributed by atoms with van der Waals surface area (Å²) in [6.07, 6.45) is 11.5. The number of halogens is 1. The van der Waals surface area contributed by atoms with Gasteiger partial charge in [0.25, 0.3) is 0 Å². The monoisotopic (exact) mass is 350 g/mol. The highest BCUT2D eigenvalue weighted by Crippen LogP contribution is 2.33. The van der Waals surface area contributed by atoms with Crippen LogP contribution in [-0.2, 0) is 11.2 Å². The van der Waals surface area contributed by atoms with Crippen LogP contribution in [0, 0.1) is 11.8 Å². The van der Waals surface area contributed by atoms with Crippen molar-refractivity contribution in [1.82, 2.24) is 0 Å². The van der Waals surface area contributed by atoms with E-state index in [1.54, 1.807) is 0 Å². The van der Waals surface area contributed by atoms with Gasteiger partial charge in [0.05, 0.1) is 0 Å². The summed E-state index contributed by atoms with van der Waals surface area (Å²) in [6.45, 7) is 0. The fourth-order valence-electron chi connectivity index (χ4n) is 3.14. The molecule has 3 heteroatoms. The highest BCUT2D eigenvalue weighted by molar-refractivity contribution is 9.10. The molecule has 21 heavy (non-hydrogen) atoms. The van der Waals surface area contributed by atoms with Gasteiger partial charge in [-0.2, -0.15) is 0 Å². The van der Waals surface area contributed by atoms with E-state index in [0.717, 1.165) is 16.8 Å². The Morgan fingerprint density at radius 3 is 2.38 bits per heavy atom. The van der Waals surface area contributed by atoms with Crippen LogP contribution < -0.4 is 0 Å². The fraction of sp³-hybridized carbons (Fsp3) is 0.500. The largest absolute Gasteiger partial charge is 0.478 e. The minimum Gasteiger partial charge on any atom is -0.478 e. The van der Waals surface area contributed by atoms with Gasteiger partial charge in [-0.15, -0.1) is 0 Å². The lowest BCUT2D eigenvalue weighted by molar-refractivity contribution is -0.131. The van der Waals surface area contributed by atoms with E-state index in [1.165, 1.54) is 50.2 Å². The third kappa shape index (κ3) is 6.04. The molecule has 2 nitrogen and oxygen atoms in total. The molecular weight excluding hydrogens is 328 g/mol. The van der Waals surface area contributed by atoms with Gasteiger partial charge < -0.3 is 5.11 Å². The van der Waals surface area contributed by atoms with Crippen LogP contribution >= 0.6 is 15.9 Å². The Labute approximate surface area is 135 Å². The standard InChI is InChI=1S/C18H23BrO2/c19-17-12-10-16(11-13-17)9-8-15-6-4-14(5-7-15)2-1-3-18(20)21/h1,3,10-15H,2,4-9H2,(H,20,21)/b3-1+. The lowest BCUT2D eigenvalue weighted by atomic mass is 9.78. The average Bonchev–Trinajstić information content (AvgIpc) is 2.48. The molecule has 2 rings (SSSR count). The van der Waals surface area contributed by atoms with E-state index in [0.29, 0.717) is 5.92 Å². The molecule has 0 unspecified atom stereocenters. The number of hydrogen-bond donors (Lipinski definition) is 1. The zero-order valence-electron chi connectivity index (χ0n) is 12.3. The van der Waals surface area contributed by atoms with Gasteiger partial charge >= 0.3 is 5.97 Å². The molecule has 1 fully saturated rings. The summed E-state index contributed by atoms with van der Waals surface area (Å²) in [5.41, 5.74) is 1.42. The molecule has 0 bridgehead atoms. The van der Waals surface area contributed by atoms with Crippen molar-refractivity contribution in [2.45, 2.75) is 44.9 Å². The van der Waals surface area contributed by atoms with E-state index >= 15 is 0 Å². The maximum atomic E-state index is 10.4. The first-order valence-corrected chi connectivity index (χ1v) is 8.56. The second-order valence-corrected chi connectivity index (χ2v) is 6.94. The zero-order valence-corrected chi connectivity index (χ0v) is 13.9. The second kappa shape index (κ2) is 8.38. The smallest absolute Gasteiger partial charge is 0.327 e. The van der Waals surface area contributed by atoms with Crippen LogP contribution in [0.2, 0.25) is 0 Å². The van der Waals surface area contributed by atoms with Crippen molar-refractivity contribution in [3.63, 3.8) is 0 Å². The Bertz CT molecular complexity index is 470. The van der Waals surface area contributed by atoms with Crippen molar-refractivity contribution in [3.8, 4) is 0 Å². The summed E-state index contributed by atoms with van der Waals surface area (Å²) in [6, 6.07) is 8.63. The van der Waals surface area contributed by atoms with E-state index in [2.05, 4.69) is 40.2 Å².